The minimum atomic E-state index is -0.284. The van der Waals surface area contributed by atoms with Crippen molar-refractivity contribution in [3.05, 3.63) is 65.9 Å². The highest BCUT2D eigenvalue weighted by Gasteiger charge is 2.18. The fraction of sp³-hybridized carbons (Fsp3) is 0.304. The third-order valence-electron chi connectivity index (χ3n) is 4.80. The number of phenols is 1. The quantitative estimate of drug-likeness (QED) is 0.599. The molecule has 7 nitrogen and oxygen atoms in total. The molecule has 2 N–H and O–H groups in total. The highest BCUT2D eigenvalue weighted by molar-refractivity contribution is 5.78. The molecule has 0 aliphatic heterocycles. The Bertz CT molecular complexity index is 983. The van der Waals surface area contributed by atoms with Crippen LogP contribution in [0.5, 0.6) is 11.5 Å². The van der Waals surface area contributed by atoms with Gasteiger partial charge < -0.3 is 20.1 Å². The molecule has 0 bridgehead atoms. The monoisotopic (exact) mass is 408 g/mol. The summed E-state index contributed by atoms with van der Waals surface area (Å²) in [6.07, 6.45) is 1.39. The van der Waals surface area contributed by atoms with Crippen LogP contribution in [0.3, 0.4) is 0 Å². The fourth-order valence-corrected chi connectivity index (χ4v) is 3.12. The van der Waals surface area contributed by atoms with E-state index in [1.54, 1.807) is 25.3 Å². The number of rotatable bonds is 8. The predicted octanol–water partition coefficient (Wildman–Crippen LogP) is 3.17. The summed E-state index contributed by atoms with van der Waals surface area (Å²) in [5, 5.41) is 17.7. The first-order valence-corrected chi connectivity index (χ1v) is 9.91. The number of carbonyl (C=O) groups excluding carboxylic acids is 1. The van der Waals surface area contributed by atoms with Crippen molar-refractivity contribution in [1.29, 1.82) is 0 Å². The molecule has 3 aromatic rings. The highest BCUT2D eigenvalue weighted by atomic mass is 16.5. The van der Waals surface area contributed by atoms with Gasteiger partial charge in [-0.2, -0.15) is 9.78 Å². The van der Waals surface area contributed by atoms with E-state index in [-0.39, 0.29) is 11.8 Å². The third kappa shape index (κ3) is 5.39. The van der Waals surface area contributed by atoms with Crippen LogP contribution in [0, 0.1) is 0 Å². The number of aromatic nitrogens is 2. The van der Waals surface area contributed by atoms with Crippen LogP contribution in [-0.2, 0) is 12.8 Å². The largest absolute Gasteiger partial charge is 0.507 e. The lowest BCUT2D eigenvalue weighted by Crippen LogP contribution is -2.32. The van der Waals surface area contributed by atoms with E-state index in [0.717, 1.165) is 24.2 Å². The molecule has 1 aromatic heterocycles. The summed E-state index contributed by atoms with van der Waals surface area (Å²) < 4.78 is 6.65. The molecule has 0 saturated heterocycles. The van der Waals surface area contributed by atoms with E-state index >= 15 is 0 Å². The third-order valence-corrected chi connectivity index (χ3v) is 4.80. The molecule has 1 heterocycles. The van der Waals surface area contributed by atoms with Crippen molar-refractivity contribution in [2.45, 2.75) is 12.8 Å². The molecule has 0 fully saturated rings. The standard InChI is InChI=1S/C23H28N4O3/c1-26(2)14-12-18-15-21(20-16-19(30-3)9-10-22(20)28)25-27(18)23(29)24-13-11-17-7-5-4-6-8-17/h4-10,15-16,28H,11-14H2,1-3H3,(H,24,29). The van der Waals surface area contributed by atoms with Gasteiger partial charge in [0.2, 0.25) is 0 Å². The van der Waals surface area contributed by atoms with Crippen molar-refractivity contribution in [2.24, 2.45) is 0 Å². The van der Waals surface area contributed by atoms with Crippen LogP contribution in [0.25, 0.3) is 11.3 Å². The van der Waals surface area contributed by atoms with Crippen LogP contribution >= 0.6 is 0 Å². The molecule has 1 amide bonds. The van der Waals surface area contributed by atoms with Crippen LogP contribution in [0.1, 0.15) is 11.3 Å². The van der Waals surface area contributed by atoms with Gasteiger partial charge >= 0.3 is 6.03 Å². The Labute approximate surface area is 176 Å². The summed E-state index contributed by atoms with van der Waals surface area (Å²) in [6, 6.07) is 16.5. The number of amides is 1. The van der Waals surface area contributed by atoms with Crippen LogP contribution in [0.2, 0.25) is 0 Å². The lowest BCUT2D eigenvalue weighted by Gasteiger charge is -2.11. The molecule has 0 spiro atoms. The average molecular weight is 409 g/mol. The summed E-state index contributed by atoms with van der Waals surface area (Å²) in [5.74, 6) is 0.698. The molecule has 0 atom stereocenters. The van der Waals surface area contributed by atoms with Crippen LogP contribution in [0.4, 0.5) is 4.79 Å². The van der Waals surface area contributed by atoms with E-state index in [4.69, 9.17) is 4.74 Å². The number of methoxy groups -OCH3 is 1. The molecule has 0 unspecified atom stereocenters. The number of hydrogen-bond donors (Lipinski definition) is 2. The number of nitrogens with zero attached hydrogens (tertiary/aromatic N) is 3. The number of aromatic hydroxyl groups is 1. The number of phenolic OH excluding ortho intramolecular Hbond substituents is 1. The van der Waals surface area contributed by atoms with Gasteiger partial charge in [0.1, 0.15) is 11.5 Å². The van der Waals surface area contributed by atoms with Crippen molar-refractivity contribution in [1.82, 2.24) is 20.0 Å². The van der Waals surface area contributed by atoms with Crippen LogP contribution < -0.4 is 10.1 Å². The molecule has 0 aliphatic carbocycles. The zero-order valence-electron chi connectivity index (χ0n) is 17.6. The van der Waals surface area contributed by atoms with Gasteiger partial charge in [-0.15, -0.1) is 0 Å². The molecule has 30 heavy (non-hydrogen) atoms. The Hall–Kier alpha value is -3.32. The first-order chi connectivity index (χ1) is 14.5. The van der Waals surface area contributed by atoms with E-state index in [1.807, 2.05) is 55.4 Å². The molecule has 7 heteroatoms. The summed E-state index contributed by atoms with van der Waals surface area (Å²) in [7, 11) is 5.53. The van der Waals surface area contributed by atoms with Gasteiger partial charge in [-0.05, 0) is 50.3 Å². The van der Waals surface area contributed by atoms with E-state index < -0.39 is 0 Å². The summed E-state index contributed by atoms with van der Waals surface area (Å²) >= 11 is 0. The van der Waals surface area contributed by atoms with Gasteiger partial charge in [0.05, 0.1) is 18.5 Å². The minimum Gasteiger partial charge on any atom is -0.507 e. The molecular formula is C23H28N4O3. The summed E-state index contributed by atoms with van der Waals surface area (Å²) in [4.78, 5) is 14.9. The molecule has 158 valence electrons. The van der Waals surface area contributed by atoms with Crippen molar-refractivity contribution < 1.29 is 14.6 Å². The van der Waals surface area contributed by atoms with E-state index in [2.05, 4.69) is 10.4 Å². The lowest BCUT2D eigenvalue weighted by atomic mass is 10.1. The van der Waals surface area contributed by atoms with Crippen molar-refractivity contribution in [2.75, 3.05) is 34.3 Å². The number of hydrogen-bond acceptors (Lipinski definition) is 5. The van der Waals surface area contributed by atoms with Gasteiger partial charge in [0.25, 0.3) is 0 Å². The second-order valence-electron chi connectivity index (χ2n) is 7.34. The Kier molecular flexibility index (Phi) is 7.08. The van der Waals surface area contributed by atoms with Crippen molar-refractivity contribution in [3.63, 3.8) is 0 Å². The van der Waals surface area contributed by atoms with E-state index in [9.17, 15) is 9.90 Å². The Morgan fingerprint density at radius 2 is 1.90 bits per heavy atom. The molecular weight excluding hydrogens is 380 g/mol. The smallest absolute Gasteiger partial charge is 0.342 e. The first kappa shape index (κ1) is 21.4. The van der Waals surface area contributed by atoms with E-state index in [0.29, 0.717) is 30.0 Å². The fourth-order valence-electron chi connectivity index (χ4n) is 3.12. The lowest BCUT2D eigenvalue weighted by molar-refractivity contribution is 0.238. The maximum atomic E-state index is 12.8. The second-order valence-corrected chi connectivity index (χ2v) is 7.34. The van der Waals surface area contributed by atoms with Crippen LogP contribution in [0.15, 0.2) is 54.6 Å². The van der Waals surface area contributed by atoms with Gasteiger partial charge in [-0.25, -0.2) is 4.79 Å². The normalized spacial score (nSPS) is 10.9. The van der Waals surface area contributed by atoms with Gasteiger partial charge in [0.15, 0.2) is 0 Å². The van der Waals surface area contributed by atoms with Crippen molar-refractivity contribution >= 4 is 6.03 Å². The Morgan fingerprint density at radius 3 is 2.60 bits per heavy atom. The molecule has 0 saturated carbocycles. The van der Waals surface area contributed by atoms with Gasteiger partial charge in [0, 0.05) is 25.1 Å². The number of carbonyl (C=O) groups is 1. The Morgan fingerprint density at radius 1 is 1.13 bits per heavy atom. The zero-order chi connectivity index (χ0) is 21.5. The number of ether oxygens (including phenoxy) is 1. The second kappa shape index (κ2) is 9.93. The topological polar surface area (TPSA) is 79.6 Å². The molecule has 3 rings (SSSR count). The van der Waals surface area contributed by atoms with Crippen molar-refractivity contribution in [3.8, 4) is 22.8 Å². The first-order valence-electron chi connectivity index (χ1n) is 9.91. The molecule has 2 aromatic carbocycles. The highest BCUT2D eigenvalue weighted by Crippen LogP contribution is 2.32. The Balaban J connectivity index is 1.81. The maximum absolute atomic E-state index is 12.8. The molecule has 0 radical (unpaired) electrons. The van der Waals surface area contributed by atoms with E-state index in [1.165, 1.54) is 4.68 Å². The maximum Gasteiger partial charge on any atom is 0.342 e. The number of likely N-dealkylation sites (N-methyl/N-ethyl adjacent to an activating group) is 1. The average Bonchev–Trinajstić information content (AvgIpc) is 3.17. The van der Waals surface area contributed by atoms with Crippen LogP contribution in [-0.4, -0.2) is 60.1 Å². The SMILES string of the molecule is COc1ccc(O)c(-c2cc(CCN(C)C)n(C(=O)NCCc3ccccc3)n2)c1. The summed E-state index contributed by atoms with van der Waals surface area (Å²) in [6.45, 7) is 1.28. The van der Waals surface area contributed by atoms with Gasteiger partial charge in [-0.3, -0.25) is 0 Å². The minimum absolute atomic E-state index is 0.0871. The number of nitrogens with one attached hydrogen (secondary N) is 1. The number of benzene rings is 2. The predicted molar refractivity (Wildman–Crippen MR) is 117 cm³/mol. The molecule has 0 aliphatic rings. The van der Waals surface area contributed by atoms with Gasteiger partial charge in [-0.1, -0.05) is 30.3 Å². The summed E-state index contributed by atoms with van der Waals surface area (Å²) in [5.41, 5.74) is 2.99. The zero-order valence-corrected chi connectivity index (χ0v) is 17.6.